The monoisotopic (exact) mass is 229 g/mol. The summed E-state index contributed by atoms with van der Waals surface area (Å²) in [7, 11) is 0. The SMILES string of the molecule is Cc1ccc(C2CC(NC3CC(C)C3)C2)cc1. The first-order valence-corrected chi connectivity index (χ1v) is 7.03. The number of benzene rings is 1. The summed E-state index contributed by atoms with van der Waals surface area (Å²) in [6, 6.07) is 10.7. The van der Waals surface area contributed by atoms with Gasteiger partial charge in [0.15, 0.2) is 0 Å². The molecule has 1 heteroatoms. The van der Waals surface area contributed by atoms with Gasteiger partial charge in [0.2, 0.25) is 0 Å². The molecule has 0 bridgehead atoms. The topological polar surface area (TPSA) is 12.0 Å². The lowest BCUT2D eigenvalue weighted by molar-refractivity contribution is 0.177. The number of hydrogen-bond donors (Lipinski definition) is 1. The van der Waals surface area contributed by atoms with E-state index in [1.165, 1.54) is 36.8 Å². The predicted molar refractivity (Wildman–Crippen MR) is 72.3 cm³/mol. The molecule has 2 aliphatic carbocycles. The lowest BCUT2D eigenvalue weighted by atomic mass is 9.73. The molecule has 17 heavy (non-hydrogen) atoms. The van der Waals surface area contributed by atoms with E-state index >= 15 is 0 Å². The van der Waals surface area contributed by atoms with Gasteiger partial charge in [-0.15, -0.1) is 0 Å². The first-order chi connectivity index (χ1) is 8.20. The summed E-state index contributed by atoms with van der Waals surface area (Å²) in [5.41, 5.74) is 2.90. The normalized spacial score (nSPS) is 36.1. The lowest BCUT2D eigenvalue weighted by Crippen LogP contribution is -2.50. The van der Waals surface area contributed by atoms with E-state index in [1.54, 1.807) is 0 Å². The molecule has 1 aromatic carbocycles. The predicted octanol–water partition coefficient (Wildman–Crippen LogP) is 3.63. The summed E-state index contributed by atoms with van der Waals surface area (Å²) in [5, 5.41) is 3.79. The largest absolute Gasteiger partial charge is 0.311 e. The molecule has 0 aromatic heterocycles. The summed E-state index contributed by atoms with van der Waals surface area (Å²) in [4.78, 5) is 0. The summed E-state index contributed by atoms with van der Waals surface area (Å²) in [5.74, 6) is 1.77. The fourth-order valence-electron chi connectivity index (χ4n) is 3.24. The van der Waals surface area contributed by atoms with Gasteiger partial charge in [0.1, 0.15) is 0 Å². The highest BCUT2D eigenvalue weighted by molar-refractivity contribution is 5.26. The molecule has 0 atom stereocenters. The smallest absolute Gasteiger partial charge is 0.00813 e. The van der Waals surface area contributed by atoms with Gasteiger partial charge in [0.25, 0.3) is 0 Å². The Labute approximate surface area is 105 Å². The summed E-state index contributed by atoms with van der Waals surface area (Å²) < 4.78 is 0. The molecule has 0 saturated heterocycles. The second-order valence-electron chi connectivity index (χ2n) is 6.22. The van der Waals surface area contributed by atoms with Crippen molar-refractivity contribution in [1.82, 2.24) is 5.32 Å². The minimum absolute atomic E-state index is 0.791. The van der Waals surface area contributed by atoms with Gasteiger partial charge in [0.05, 0.1) is 0 Å². The zero-order valence-electron chi connectivity index (χ0n) is 10.9. The van der Waals surface area contributed by atoms with E-state index in [2.05, 4.69) is 43.4 Å². The average Bonchev–Trinajstić information content (AvgIpc) is 2.21. The van der Waals surface area contributed by atoms with Gasteiger partial charge in [-0.2, -0.15) is 0 Å². The van der Waals surface area contributed by atoms with Gasteiger partial charge in [-0.05, 0) is 50.0 Å². The molecular formula is C16H23N. The molecule has 0 aliphatic heterocycles. The maximum absolute atomic E-state index is 3.79. The molecule has 1 aromatic rings. The van der Waals surface area contributed by atoms with Crippen LogP contribution in [0.2, 0.25) is 0 Å². The zero-order chi connectivity index (χ0) is 11.8. The van der Waals surface area contributed by atoms with Gasteiger partial charge in [0, 0.05) is 12.1 Å². The Balaban J connectivity index is 1.46. The fraction of sp³-hybridized carbons (Fsp3) is 0.625. The van der Waals surface area contributed by atoms with Crippen molar-refractivity contribution in [3.8, 4) is 0 Å². The van der Waals surface area contributed by atoms with Crippen LogP contribution < -0.4 is 5.32 Å². The van der Waals surface area contributed by atoms with Crippen LogP contribution in [0.15, 0.2) is 24.3 Å². The van der Waals surface area contributed by atoms with Crippen LogP contribution in [0.4, 0.5) is 0 Å². The first kappa shape index (κ1) is 11.3. The van der Waals surface area contributed by atoms with Crippen LogP contribution in [0.3, 0.4) is 0 Å². The molecule has 0 spiro atoms. The van der Waals surface area contributed by atoms with Crippen molar-refractivity contribution < 1.29 is 0 Å². The van der Waals surface area contributed by atoms with Crippen molar-refractivity contribution in [2.24, 2.45) is 5.92 Å². The Morgan fingerprint density at radius 3 is 2.12 bits per heavy atom. The third-order valence-electron chi connectivity index (χ3n) is 4.53. The Bertz CT molecular complexity index is 369. The minimum atomic E-state index is 0.791. The van der Waals surface area contributed by atoms with Crippen LogP contribution in [0.5, 0.6) is 0 Å². The van der Waals surface area contributed by atoms with Crippen LogP contribution in [0.1, 0.15) is 49.7 Å². The highest BCUT2D eigenvalue weighted by Gasteiger charge is 2.34. The Morgan fingerprint density at radius 2 is 1.53 bits per heavy atom. The van der Waals surface area contributed by atoms with Crippen LogP contribution in [-0.4, -0.2) is 12.1 Å². The second kappa shape index (κ2) is 4.45. The van der Waals surface area contributed by atoms with E-state index in [9.17, 15) is 0 Å². The maximum atomic E-state index is 3.79. The molecule has 1 nitrogen and oxygen atoms in total. The highest BCUT2D eigenvalue weighted by atomic mass is 15.0. The van der Waals surface area contributed by atoms with Gasteiger partial charge in [-0.3, -0.25) is 0 Å². The van der Waals surface area contributed by atoms with Crippen molar-refractivity contribution in [3.05, 3.63) is 35.4 Å². The quantitative estimate of drug-likeness (QED) is 0.834. The van der Waals surface area contributed by atoms with Crippen molar-refractivity contribution >= 4 is 0 Å². The molecule has 0 unspecified atom stereocenters. The number of hydrogen-bond acceptors (Lipinski definition) is 1. The molecule has 0 amide bonds. The van der Waals surface area contributed by atoms with Crippen LogP contribution in [0.25, 0.3) is 0 Å². The lowest BCUT2D eigenvalue weighted by Gasteiger charge is -2.43. The molecule has 2 aliphatic rings. The van der Waals surface area contributed by atoms with Crippen LogP contribution in [-0.2, 0) is 0 Å². The van der Waals surface area contributed by atoms with E-state index in [0.717, 1.165) is 23.9 Å². The number of nitrogens with one attached hydrogen (secondary N) is 1. The van der Waals surface area contributed by atoms with Crippen LogP contribution in [0, 0.1) is 12.8 Å². The third-order valence-corrected chi connectivity index (χ3v) is 4.53. The standard InChI is InChI=1S/C16H23N/c1-11-3-5-13(6-4-11)14-9-16(10-14)17-15-7-12(2)8-15/h3-6,12,14-17H,7-10H2,1-2H3. The van der Waals surface area contributed by atoms with Gasteiger partial charge < -0.3 is 5.32 Å². The molecule has 1 N–H and O–H groups in total. The molecule has 0 radical (unpaired) electrons. The summed E-state index contributed by atoms with van der Waals surface area (Å²) in [6.45, 7) is 4.51. The van der Waals surface area contributed by atoms with Gasteiger partial charge in [-0.25, -0.2) is 0 Å². The first-order valence-electron chi connectivity index (χ1n) is 7.03. The molecule has 3 rings (SSSR count). The zero-order valence-corrected chi connectivity index (χ0v) is 10.9. The Hall–Kier alpha value is -0.820. The molecular weight excluding hydrogens is 206 g/mol. The Morgan fingerprint density at radius 1 is 0.941 bits per heavy atom. The highest BCUT2D eigenvalue weighted by Crippen LogP contribution is 2.38. The maximum Gasteiger partial charge on any atom is 0.00813 e. The van der Waals surface area contributed by atoms with Crippen molar-refractivity contribution in [2.45, 2.75) is 57.5 Å². The number of aryl methyl sites for hydroxylation is 1. The third kappa shape index (κ3) is 2.40. The van der Waals surface area contributed by atoms with E-state index in [0.29, 0.717) is 0 Å². The van der Waals surface area contributed by atoms with Gasteiger partial charge in [-0.1, -0.05) is 36.8 Å². The molecule has 2 fully saturated rings. The Kier molecular flexibility index (Phi) is 2.96. The van der Waals surface area contributed by atoms with E-state index < -0.39 is 0 Å². The number of rotatable bonds is 3. The summed E-state index contributed by atoms with van der Waals surface area (Å²) >= 11 is 0. The molecule has 2 saturated carbocycles. The molecule has 92 valence electrons. The second-order valence-corrected chi connectivity index (χ2v) is 6.22. The fourth-order valence-corrected chi connectivity index (χ4v) is 3.24. The van der Waals surface area contributed by atoms with Crippen LogP contribution >= 0.6 is 0 Å². The summed E-state index contributed by atoms with van der Waals surface area (Å²) in [6.07, 6.45) is 5.47. The van der Waals surface area contributed by atoms with Crippen molar-refractivity contribution in [1.29, 1.82) is 0 Å². The van der Waals surface area contributed by atoms with E-state index in [1.807, 2.05) is 0 Å². The van der Waals surface area contributed by atoms with Crippen molar-refractivity contribution in [3.63, 3.8) is 0 Å². The van der Waals surface area contributed by atoms with Gasteiger partial charge >= 0.3 is 0 Å². The van der Waals surface area contributed by atoms with E-state index in [-0.39, 0.29) is 0 Å². The van der Waals surface area contributed by atoms with E-state index in [4.69, 9.17) is 0 Å². The molecule has 0 heterocycles. The minimum Gasteiger partial charge on any atom is -0.311 e. The van der Waals surface area contributed by atoms with Crippen molar-refractivity contribution in [2.75, 3.05) is 0 Å². The average molecular weight is 229 g/mol.